The van der Waals surface area contributed by atoms with Gasteiger partial charge in [-0.05, 0) is 31.2 Å². The average molecular weight is 259 g/mol. The average Bonchev–Trinajstić information content (AvgIpc) is 2.74. The number of hydrogen-bond donors (Lipinski definition) is 1. The third kappa shape index (κ3) is 3.97. The van der Waals surface area contributed by atoms with Gasteiger partial charge in [0.05, 0.1) is 11.6 Å². The Hall–Kier alpha value is -2.06. The quantitative estimate of drug-likeness (QED) is 0.870. The first-order chi connectivity index (χ1) is 9.29. The first-order valence-corrected chi connectivity index (χ1v) is 6.41. The molecule has 0 saturated carbocycles. The van der Waals surface area contributed by atoms with Gasteiger partial charge in [0, 0.05) is 19.6 Å². The van der Waals surface area contributed by atoms with Gasteiger partial charge in [-0.3, -0.25) is 4.79 Å². The van der Waals surface area contributed by atoms with Gasteiger partial charge in [-0.25, -0.2) is 0 Å². The van der Waals surface area contributed by atoms with Crippen molar-refractivity contribution in [1.82, 2.24) is 10.2 Å². The standard InChI is InChI=1S/C14H17N3O2/c15-10-12-3-1-4-13(9-12)19-11-14(18)17-7-2-5-16-6-8-17/h1,3-4,9,16H,2,5-8,11H2. The van der Waals surface area contributed by atoms with Crippen LogP contribution in [0.15, 0.2) is 24.3 Å². The summed E-state index contributed by atoms with van der Waals surface area (Å²) in [5, 5.41) is 12.0. The first-order valence-electron chi connectivity index (χ1n) is 6.41. The predicted molar refractivity (Wildman–Crippen MR) is 70.7 cm³/mol. The topological polar surface area (TPSA) is 65.4 Å². The first kappa shape index (κ1) is 13.4. The molecule has 2 rings (SSSR count). The zero-order chi connectivity index (χ0) is 13.5. The van der Waals surface area contributed by atoms with Gasteiger partial charge in [0.25, 0.3) is 5.91 Å². The molecule has 1 aromatic carbocycles. The Labute approximate surface area is 112 Å². The number of hydrogen-bond acceptors (Lipinski definition) is 4. The van der Waals surface area contributed by atoms with Crippen molar-refractivity contribution in [2.75, 3.05) is 32.8 Å². The molecule has 0 spiro atoms. The molecule has 0 atom stereocenters. The van der Waals surface area contributed by atoms with Crippen LogP contribution < -0.4 is 10.1 Å². The summed E-state index contributed by atoms with van der Waals surface area (Å²) in [6, 6.07) is 8.88. The second kappa shape index (κ2) is 6.76. The van der Waals surface area contributed by atoms with Crippen molar-refractivity contribution in [1.29, 1.82) is 5.26 Å². The molecule has 0 radical (unpaired) electrons. The van der Waals surface area contributed by atoms with Crippen LogP contribution in [0.4, 0.5) is 0 Å². The number of ether oxygens (including phenoxy) is 1. The second-order valence-electron chi connectivity index (χ2n) is 4.41. The van der Waals surface area contributed by atoms with E-state index in [-0.39, 0.29) is 12.5 Å². The maximum Gasteiger partial charge on any atom is 0.260 e. The SMILES string of the molecule is N#Cc1cccc(OCC(=O)N2CCCNCC2)c1. The monoisotopic (exact) mass is 259 g/mol. The summed E-state index contributed by atoms with van der Waals surface area (Å²) in [6.45, 7) is 3.30. The number of benzene rings is 1. The summed E-state index contributed by atoms with van der Waals surface area (Å²) in [7, 11) is 0. The number of nitriles is 1. The Balaban J connectivity index is 1.87. The molecule has 0 unspecified atom stereocenters. The molecule has 1 saturated heterocycles. The van der Waals surface area contributed by atoms with Crippen molar-refractivity contribution in [3.05, 3.63) is 29.8 Å². The summed E-state index contributed by atoms with van der Waals surface area (Å²) in [6.07, 6.45) is 0.968. The minimum absolute atomic E-state index is 0.00828. The Morgan fingerprint density at radius 2 is 2.32 bits per heavy atom. The van der Waals surface area contributed by atoms with Crippen LogP contribution in [0.3, 0.4) is 0 Å². The fraction of sp³-hybridized carbons (Fsp3) is 0.429. The maximum absolute atomic E-state index is 12.0. The molecular formula is C14H17N3O2. The Kier molecular flexibility index (Phi) is 4.76. The lowest BCUT2D eigenvalue weighted by molar-refractivity contribution is -0.133. The molecule has 100 valence electrons. The van der Waals surface area contributed by atoms with Crippen LogP contribution in [0.1, 0.15) is 12.0 Å². The molecule has 1 aliphatic rings. The van der Waals surface area contributed by atoms with Crippen LogP contribution in [0.5, 0.6) is 5.75 Å². The van der Waals surface area contributed by atoms with E-state index in [0.717, 1.165) is 32.6 Å². The lowest BCUT2D eigenvalue weighted by Crippen LogP contribution is -2.37. The summed E-state index contributed by atoms with van der Waals surface area (Å²) < 4.78 is 5.44. The van der Waals surface area contributed by atoms with Gasteiger partial charge in [-0.1, -0.05) is 6.07 Å². The highest BCUT2D eigenvalue weighted by molar-refractivity contribution is 5.77. The molecule has 5 heteroatoms. The number of nitrogens with zero attached hydrogens (tertiary/aromatic N) is 2. The van der Waals surface area contributed by atoms with E-state index in [9.17, 15) is 4.79 Å². The van der Waals surface area contributed by atoms with E-state index >= 15 is 0 Å². The highest BCUT2D eigenvalue weighted by atomic mass is 16.5. The Bertz CT molecular complexity index is 474. The van der Waals surface area contributed by atoms with Gasteiger partial charge in [0.2, 0.25) is 0 Å². The van der Waals surface area contributed by atoms with E-state index in [2.05, 4.69) is 5.32 Å². The molecule has 0 bridgehead atoms. The highest BCUT2D eigenvalue weighted by Crippen LogP contribution is 2.12. The summed E-state index contributed by atoms with van der Waals surface area (Å²) in [5.41, 5.74) is 0.531. The summed E-state index contributed by atoms with van der Waals surface area (Å²) in [4.78, 5) is 13.8. The van der Waals surface area contributed by atoms with E-state index in [1.54, 1.807) is 24.3 Å². The van der Waals surface area contributed by atoms with E-state index in [0.29, 0.717) is 11.3 Å². The number of carbonyl (C=O) groups is 1. The maximum atomic E-state index is 12.0. The van der Waals surface area contributed by atoms with Crippen molar-refractivity contribution in [2.45, 2.75) is 6.42 Å². The smallest absolute Gasteiger partial charge is 0.260 e. The third-order valence-electron chi connectivity index (χ3n) is 3.02. The Morgan fingerprint density at radius 3 is 3.16 bits per heavy atom. The van der Waals surface area contributed by atoms with E-state index in [4.69, 9.17) is 10.00 Å². The van der Waals surface area contributed by atoms with Gasteiger partial charge in [0.15, 0.2) is 6.61 Å². The van der Waals surface area contributed by atoms with E-state index < -0.39 is 0 Å². The molecule has 1 N–H and O–H groups in total. The number of nitrogens with one attached hydrogen (secondary N) is 1. The molecule has 0 aromatic heterocycles. The van der Waals surface area contributed by atoms with Crippen LogP contribution in [0, 0.1) is 11.3 Å². The molecule has 1 aromatic rings. The number of rotatable bonds is 3. The second-order valence-corrected chi connectivity index (χ2v) is 4.41. The van der Waals surface area contributed by atoms with Gasteiger partial charge in [0.1, 0.15) is 5.75 Å². The van der Waals surface area contributed by atoms with Crippen molar-refractivity contribution in [3.8, 4) is 11.8 Å². The highest BCUT2D eigenvalue weighted by Gasteiger charge is 2.15. The van der Waals surface area contributed by atoms with Gasteiger partial charge >= 0.3 is 0 Å². The number of amides is 1. The molecule has 19 heavy (non-hydrogen) atoms. The zero-order valence-corrected chi connectivity index (χ0v) is 10.8. The summed E-state index contributed by atoms with van der Waals surface area (Å²) in [5.74, 6) is 0.548. The summed E-state index contributed by atoms with van der Waals surface area (Å²) >= 11 is 0. The van der Waals surface area contributed by atoms with Crippen LogP contribution in [0.2, 0.25) is 0 Å². The predicted octanol–water partition coefficient (Wildman–Crippen LogP) is 0.759. The van der Waals surface area contributed by atoms with E-state index in [1.807, 2.05) is 11.0 Å². The van der Waals surface area contributed by atoms with Crippen LogP contribution >= 0.6 is 0 Å². The van der Waals surface area contributed by atoms with Gasteiger partial charge in [-0.15, -0.1) is 0 Å². The molecule has 1 amide bonds. The fourth-order valence-corrected chi connectivity index (χ4v) is 1.99. The van der Waals surface area contributed by atoms with Crippen LogP contribution in [0.25, 0.3) is 0 Å². The van der Waals surface area contributed by atoms with E-state index in [1.165, 1.54) is 0 Å². The van der Waals surface area contributed by atoms with Gasteiger partial charge < -0.3 is 15.0 Å². The van der Waals surface area contributed by atoms with Crippen LogP contribution in [-0.4, -0.2) is 43.6 Å². The van der Waals surface area contributed by atoms with Crippen molar-refractivity contribution < 1.29 is 9.53 Å². The fourth-order valence-electron chi connectivity index (χ4n) is 1.99. The minimum atomic E-state index is -0.00828. The lowest BCUT2D eigenvalue weighted by Gasteiger charge is -2.19. The van der Waals surface area contributed by atoms with Crippen molar-refractivity contribution >= 4 is 5.91 Å². The zero-order valence-electron chi connectivity index (χ0n) is 10.8. The lowest BCUT2D eigenvalue weighted by atomic mass is 10.2. The van der Waals surface area contributed by atoms with Gasteiger partial charge in [-0.2, -0.15) is 5.26 Å². The largest absolute Gasteiger partial charge is 0.484 e. The van der Waals surface area contributed by atoms with Crippen molar-refractivity contribution in [3.63, 3.8) is 0 Å². The molecule has 5 nitrogen and oxygen atoms in total. The minimum Gasteiger partial charge on any atom is -0.484 e. The molecule has 1 aliphatic heterocycles. The third-order valence-corrected chi connectivity index (χ3v) is 3.02. The Morgan fingerprint density at radius 1 is 1.42 bits per heavy atom. The molecule has 1 fully saturated rings. The molecule has 1 heterocycles. The molecule has 0 aliphatic carbocycles. The van der Waals surface area contributed by atoms with Crippen molar-refractivity contribution in [2.24, 2.45) is 0 Å². The number of carbonyl (C=O) groups excluding carboxylic acids is 1. The molecular weight excluding hydrogens is 242 g/mol. The normalized spacial score (nSPS) is 15.4. The van der Waals surface area contributed by atoms with Crippen LogP contribution in [-0.2, 0) is 4.79 Å².